The van der Waals surface area contributed by atoms with E-state index in [2.05, 4.69) is 4.90 Å². The molecule has 1 aliphatic heterocycles. The Morgan fingerprint density at radius 2 is 2.08 bits per heavy atom. The zero-order valence-electron chi connectivity index (χ0n) is 13.9. The van der Waals surface area contributed by atoms with E-state index in [-0.39, 0.29) is 23.1 Å². The number of hydrogen-bond acceptors (Lipinski definition) is 3. The second-order valence-corrected chi connectivity index (χ2v) is 7.44. The van der Waals surface area contributed by atoms with E-state index in [0.717, 1.165) is 0 Å². The van der Waals surface area contributed by atoms with E-state index in [0.29, 0.717) is 31.1 Å². The summed E-state index contributed by atoms with van der Waals surface area (Å²) in [6.07, 6.45) is 4.60. The van der Waals surface area contributed by atoms with Crippen molar-refractivity contribution >= 4 is 17.5 Å². The molecule has 0 bridgehead atoms. The Bertz CT molecular complexity index is 601. The Kier molecular flexibility index (Phi) is 5.42. The fraction of sp³-hybridized carbons (Fsp3) is 0.611. The maximum atomic E-state index is 13.3. The Morgan fingerprint density at radius 3 is 2.67 bits per heavy atom. The highest BCUT2D eigenvalue weighted by atomic mass is 35.5. The number of aliphatic hydroxyl groups is 1. The lowest BCUT2D eigenvalue weighted by atomic mass is 9.92. The number of halogens is 2. The number of likely N-dealkylation sites (N-methyl/N-ethyl adjacent to an activating group) is 1. The molecule has 1 unspecified atom stereocenters. The average molecular weight is 355 g/mol. The summed E-state index contributed by atoms with van der Waals surface area (Å²) >= 11 is 5.79. The van der Waals surface area contributed by atoms with E-state index >= 15 is 0 Å². The van der Waals surface area contributed by atoms with Gasteiger partial charge in [-0.3, -0.25) is 9.69 Å². The van der Waals surface area contributed by atoms with Crippen molar-refractivity contribution in [2.45, 2.75) is 37.8 Å². The van der Waals surface area contributed by atoms with Crippen LogP contribution < -0.4 is 0 Å². The van der Waals surface area contributed by atoms with Crippen LogP contribution in [0.4, 0.5) is 4.39 Å². The second-order valence-electron chi connectivity index (χ2n) is 7.03. The first-order valence-corrected chi connectivity index (χ1v) is 8.96. The van der Waals surface area contributed by atoms with Gasteiger partial charge in [0.05, 0.1) is 11.1 Å². The van der Waals surface area contributed by atoms with Crippen LogP contribution in [0.1, 0.15) is 36.0 Å². The Balaban J connectivity index is 1.68. The minimum absolute atomic E-state index is 0.0348. The standard InChI is InChI=1S/C18H24ClFN2O2/c1-21(18(24)13-6-7-16(20)15(19)8-13)11-17(12-4-2-3-5-12)22-9-14(23)10-22/h6-8,12,14,17,23H,2-5,9-11H2,1H3. The van der Waals surface area contributed by atoms with Crippen molar-refractivity contribution < 1.29 is 14.3 Å². The summed E-state index contributed by atoms with van der Waals surface area (Å²) in [5.74, 6) is -0.0974. The van der Waals surface area contributed by atoms with Gasteiger partial charge in [-0.25, -0.2) is 4.39 Å². The summed E-state index contributed by atoms with van der Waals surface area (Å²) in [5, 5.41) is 9.58. The molecule has 2 fully saturated rings. The van der Waals surface area contributed by atoms with Crippen LogP contribution >= 0.6 is 11.6 Å². The van der Waals surface area contributed by atoms with Crippen molar-refractivity contribution in [3.05, 3.63) is 34.6 Å². The summed E-state index contributed by atoms with van der Waals surface area (Å²) in [4.78, 5) is 16.6. The van der Waals surface area contributed by atoms with Crippen LogP contribution in [-0.4, -0.2) is 59.6 Å². The van der Waals surface area contributed by atoms with Crippen molar-refractivity contribution in [2.75, 3.05) is 26.7 Å². The Morgan fingerprint density at radius 1 is 1.42 bits per heavy atom. The van der Waals surface area contributed by atoms with Gasteiger partial charge >= 0.3 is 0 Å². The van der Waals surface area contributed by atoms with Gasteiger partial charge in [-0.15, -0.1) is 0 Å². The number of rotatable bonds is 5. The molecule has 1 amide bonds. The number of aliphatic hydroxyl groups excluding tert-OH is 1. The van der Waals surface area contributed by atoms with Crippen LogP contribution in [-0.2, 0) is 0 Å². The van der Waals surface area contributed by atoms with Crippen molar-refractivity contribution in [1.29, 1.82) is 0 Å². The fourth-order valence-electron chi connectivity index (χ4n) is 3.88. The zero-order chi connectivity index (χ0) is 17.3. The molecule has 1 aromatic rings. The molecule has 1 atom stereocenters. The van der Waals surface area contributed by atoms with Gasteiger partial charge in [0.15, 0.2) is 0 Å². The molecule has 1 aliphatic carbocycles. The molecule has 0 radical (unpaired) electrons. The lowest BCUT2D eigenvalue weighted by Crippen LogP contribution is -2.60. The van der Waals surface area contributed by atoms with Crippen molar-refractivity contribution in [2.24, 2.45) is 5.92 Å². The van der Waals surface area contributed by atoms with Gasteiger partial charge in [-0.2, -0.15) is 0 Å². The monoisotopic (exact) mass is 354 g/mol. The van der Waals surface area contributed by atoms with Crippen molar-refractivity contribution in [1.82, 2.24) is 9.80 Å². The van der Waals surface area contributed by atoms with Crippen LogP contribution in [0, 0.1) is 11.7 Å². The van der Waals surface area contributed by atoms with Gasteiger partial charge in [0.1, 0.15) is 5.82 Å². The highest BCUT2D eigenvalue weighted by molar-refractivity contribution is 6.31. The smallest absolute Gasteiger partial charge is 0.253 e. The molecule has 0 aromatic heterocycles. The zero-order valence-corrected chi connectivity index (χ0v) is 14.7. The highest BCUT2D eigenvalue weighted by Crippen LogP contribution is 2.32. The average Bonchev–Trinajstić information content (AvgIpc) is 3.06. The van der Waals surface area contributed by atoms with Crippen molar-refractivity contribution in [3.63, 3.8) is 0 Å². The molecular formula is C18H24ClFN2O2. The Hall–Kier alpha value is -1.17. The molecule has 1 N–H and O–H groups in total. The molecule has 4 nitrogen and oxygen atoms in total. The molecule has 132 valence electrons. The van der Waals surface area contributed by atoms with E-state index in [9.17, 15) is 14.3 Å². The molecule has 1 saturated carbocycles. The molecule has 0 spiro atoms. The number of carbonyl (C=O) groups excluding carboxylic acids is 1. The first kappa shape index (κ1) is 17.6. The maximum absolute atomic E-state index is 13.3. The minimum atomic E-state index is -0.519. The largest absolute Gasteiger partial charge is 0.390 e. The first-order chi connectivity index (χ1) is 11.5. The third-order valence-electron chi connectivity index (χ3n) is 5.28. The predicted molar refractivity (Wildman–Crippen MR) is 91.7 cm³/mol. The second kappa shape index (κ2) is 7.38. The van der Waals surface area contributed by atoms with Crippen LogP contribution in [0.25, 0.3) is 0 Å². The van der Waals surface area contributed by atoms with Crippen LogP contribution in [0.5, 0.6) is 0 Å². The number of amides is 1. The van der Waals surface area contributed by atoms with E-state index in [1.54, 1.807) is 11.9 Å². The SMILES string of the molecule is CN(CC(C1CCCC1)N1CC(O)C1)C(=O)c1ccc(F)c(Cl)c1. The van der Waals surface area contributed by atoms with E-state index in [1.807, 2.05) is 0 Å². The summed E-state index contributed by atoms with van der Waals surface area (Å²) in [6.45, 7) is 1.99. The van der Waals surface area contributed by atoms with Crippen LogP contribution in [0.15, 0.2) is 18.2 Å². The lowest BCUT2D eigenvalue weighted by molar-refractivity contribution is -0.0445. The van der Waals surface area contributed by atoms with Gasteiger partial charge in [-0.05, 0) is 37.0 Å². The number of carbonyl (C=O) groups is 1. The number of hydrogen-bond donors (Lipinski definition) is 1. The minimum Gasteiger partial charge on any atom is -0.390 e. The maximum Gasteiger partial charge on any atom is 0.253 e. The van der Waals surface area contributed by atoms with Gasteiger partial charge in [-0.1, -0.05) is 24.4 Å². The Labute approximate surface area is 147 Å². The predicted octanol–water partition coefficient (Wildman–Crippen LogP) is 2.79. The molecule has 1 aromatic carbocycles. The highest BCUT2D eigenvalue weighted by Gasteiger charge is 2.37. The topological polar surface area (TPSA) is 43.8 Å². The quantitative estimate of drug-likeness (QED) is 0.884. The van der Waals surface area contributed by atoms with E-state index in [1.165, 1.54) is 43.9 Å². The summed E-state index contributed by atoms with van der Waals surface area (Å²) in [7, 11) is 1.78. The summed E-state index contributed by atoms with van der Waals surface area (Å²) in [5.41, 5.74) is 0.401. The lowest BCUT2D eigenvalue weighted by Gasteiger charge is -2.45. The van der Waals surface area contributed by atoms with Crippen LogP contribution in [0.3, 0.4) is 0 Å². The van der Waals surface area contributed by atoms with Gasteiger partial charge in [0.2, 0.25) is 0 Å². The third-order valence-corrected chi connectivity index (χ3v) is 5.57. The number of nitrogens with zero attached hydrogens (tertiary/aromatic N) is 2. The van der Waals surface area contributed by atoms with Gasteiger partial charge < -0.3 is 10.0 Å². The van der Waals surface area contributed by atoms with Crippen LogP contribution in [0.2, 0.25) is 5.02 Å². The van der Waals surface area contributed by atoms with E-state index in [4.69, 9.17) is 11.6 Å². The number of benzene rings is 1. The molecule has 1 heterocycles. The molecule has 2 aliphatic rings. The third kappa shape index (κ3) is 3.73. The molecule has 24 heavy (non-hydrogen) atoms. The molecule has 6 heteroatoms. The molecule has 1 saturated heterocycles. The van der Waals surface area contributed by atoms with E-state index < -0.39 is 5.82 Å². The van der Waals surface area contributed by atoms with Gasteiger partial charge in [0.25, 0.3) is 5.91 Å². The normalized spacial score (nSPS) is 20.8. The summed E-state index contributed by atoms with van der Waals surface area (Å²) in [6, 6.07) is 4.36. The van der Waals surface area contributed by atoms with Crippen molar-refractivity contribution in [3.8, 4) is 0 Å². The first-order valence-electron chi connectivity index (χ1n) is 8.58. The number of likely N-dealkylation sites (tertiary alicyclic amines) is 1. The van der Waals surface area contributed by atoms with Gasteiger partial charge in [0, 0.05) is 38.3 Å². The molecular weight excluding hydrogens is 331 g/mol. The fourth-order valence-corrected chi connectivity index (χ4v) is 4.06. The number of β-amino-alcohol motifs (C(OH)–C–C–N with tert-alkyl or cyclic N) is 1. The summed E-state index contributed by atoms with van der Waals surface area (Å²) < 4.78 is 13.3. The molecule has 3 rings (SSSR count).